The van der Waals surface area contributed by atoms with E-state index in [2.05, 4.69) is 18.3 Å². The van der Waals surface area contributed by atoms with E-state index in [1.807, 2.05) is 90.3 Å². The van der Waals surface area contributed by atoms with E-state index in [1.165, 1.54) is 0 Å². The van der Waals surface area contributed by atoms with E-state index >= 15 is 0 Å². The first kappa shape index (κ1) is 19.9. The zero-order valence-corrected chi connectivity index (χ0v) is 17.6. The topological polar surface area (TPSA) is 50.2 Å². The van der Waals surface area contributed by atoms with E-state index in [-0.39, 0.29) is 5.91 Å². The minimum atomic E-state index is -0.0291. The number of benzene rings is 3. The lowest BCUT2D eigenvalue weighted by molar-refractivity contribution is -0.117. The fourth-order valence-electron chi connectivity index (χ4n) is 3.76. The van der Waals surface area contributed by atoms with E-state index in [0.717, 1.165) is 39.1 Å². The monoisotopic (exact) mass is 398 g/mol. The number of likely N-dealkylation sites (N-methyl/N-ethyl adjacent to an activating group) is 1. The molecule has 0 unspecified atom stereocenters. The van der Waals surface area contributed by atoms with Crippen molar-refractivity contribution in [2.45, 2.75) is 20.4 Å². The summed E-state index contributed by atoms with van der Waals surface area (Å²) < 4.78 is 1.97. The Morgan fingerprint density at radius 2 is 1.67 bits per heavy atom. The number of amides is 1. The molecule has 4 rings (SSSR count). The van der Waals surface area contributed by atoms with Crippen LogP contribution in [0.1, 0.15) is 17.0 Å². The molecule has 152 valence electrons. The van der Waals surface area contributed by atoms with Crippen molar-refractivity contribution in [2.75, 3.05) is 18.9 Å². The number of anilines is 1. The first-order valence-electron chi connectivity index (χ1n) is 10.1. The van der Waals surface area contributed by atoms with E-state index in [4.69, 9.17) is 5.10 Å². The van der Waals surface area contributed by atoms with Gasteiger partial charge in [-0.1, -0.05) is 48.5 Å². The molecule has 0 atom stereocenters. The molecule has 0 bridgehead atoms. The number of hydrogen-bond donors (Lipinski definition) is 1. The summed E-state index contributed by atoms with van der Waals surface area (Å²) in [4.78, 5) is 14.6. The fourth-order valence-corrected chi connectivity index (χ4v) is 3.76. The fraction of sp³-hybridized carbons (Fsp3) is 0.200. The lowest BCUT2D eigenvalue weighted by atomic mass is 10.1. The Kier molecular flexibility index (Phi) is 5.63. The van der Waals surface area contributed by atoms with Crippen molar-refractivity contribution in [1.82, 2.24) is 14.7 Å². The summed E-state index contributed by atoms with van der Waals surface area (Å²) in [5.74, 6) is -0.0291. The smallest absolute Gasteiger partial charge is 0.238 e. The van der Waals surface area contributed by atoms with Gasteiger partial charge in [-0.3, -0.25) is 9.69 Å². The number of carbonyl (C=O) groups is 1. The number of nitrogens with one attached hydrogen (secondary N) is 1. The largest absolute Gasteiger partial charge is 0.325 e. The highest BCUT2D eigenvalue weighted by molar-refractivity contribution is 5.95. The van der Waals surface area contributed by atoms with Crippen LogP contribution in [0.5, 0.6) is 0 Å². The summed E-state index contributed by atoms with van der Waals surface area (Å²) in [6.45, 7) is 5.06. The van der Waals surface area contributed by atoms with Gasteiger partial charge in [-0.25, -0.2) is 4.68 Å². The third-order valence-electron chi connectivity index (χ3n) is 5.32. The quantitative estimate of drug-likeness (QED) is 0.512. The second kappa shape index (κ2) is 8.51. The second-order valence-electron chi connectivity index (χ2n) is 7.68. The number of hydrogen-bond acceptors (Lipinski definition) is 3. The lowest BCUT2D eigenvalue weighted by Crippen LogP contribution is -2.30. The summed E-state index contributed by atoms with van der Waals surface area (Å²) in [6, 6.07) is 24.2. The number of rotatable bonds is 6. The molecule has 0 fully saturated rings. The van der Waals surface area contributed by atoms with E-state index in [0.29, 0.717) is 13.1 Å². The van der Waals surface area contributed by atoms with Crippen molar-refractivity contribution in [3.63, 3.8) is 0 Å². The van der Waals surface area contributed by atoms with Crippen LogP contribution in [0.4, 0.5) is 5.69 Å². The van der Waals surface area contributed by atoms with Gasteiger partial charge in [0.2, 0.25) is 5.91 Å². The van der Waals surface area contributed by atoms with Crippen LogP contribution in [0, 0.1) is 13.8 Å². The van der Waals surface area contributed by atoms with Gasteiger partial charge >= 0.3 is 0 Å². The Morgan fingerprint density at radius 1 is 0.967 bits per heavy atom. The Morgan fingerprint density at radius 3 is 2.43 bits per heavy atom. The maximum absolute atomic E-state index is 12.6. The first-order chi connectivity index (χ1) is 14.5. The zero-order valence-electron chi connectivity index (χ0n) is 17.6. The molecule has 1 amide bonds. The van der Waals surface area contributed by atoms with E-state index in [9.17, 15) is 4.79 Å². The number of para-hydroxylation sites is 1. The molecule has 5 heteroatoms. The van der Waals surface area contributed by atoms with Crippen LogP contribution in [0.2, 0.25) is 0 Å². The molecule has 0 radical (unpaired) electrons. The van der Waals surface area contributed by atoms with Crippen molar-refractivity contribution in [1.29, 1.82) is 0 Å². The Balaban J connectivity index is 1.42. The Labute approximate surface area is 176 Å². The summed E-state index contributed by atoms with van der Waals surface area (Å²) >= 11 is 0. The predicted octanol–water partition coefficient (Wildman–Crippen LogP) is 4.71. The van der Waals surface area contributed by atoms with Crippen molar-refractivity contribution in [3.05, 3.63) is 89.7 Å². The highest BCUT2D eigenvalue weighted by Gasteiger charge is 2.16. The first-order valence-corrected chi connectivity index (χ1v) is 10.1. The molecular weight excluding hydrogens is 372 g/mol. The number of carbonyl (C=O) groups excluding carboxylic acids is 1. The van der Waals surface area contributed by atoms with Gasteiger partial charge in [0.25, 0.3) is 0 Å². The molecule has 0 aliphatic rings. The van der Waals surface area contributed by atoms with Gasteiger partial charge in [-0.2, -0.15) is 5.10 Å². The number of nitrogens with zero attached hydrogens (tertiary/aromatic N) is 3. The highest BCUT2D eigenvalue weighted by Crippen LogP contribution is 2.20. The second-order valence-corrected chi connectivity index (χ2v) is 7.68. The average molecular weight is 399 g/mol. The molecule has 1 heterocycles. The third-order valence-corrected chi connectivity index (χ3v) is 5.32. The molecule has 1 N–H and O–H groups in total. The van der Waals surface area contributed by atoms with Gasteiger partial charge in [-0.15, -0.1) is 0 Å². The van der Waals surface area contributed by atoms with Crippen molar-refractivity contribution in [2.24, 2.45) is 0 Å². The van der Waals surface area contributed by atoms with Crippen LogP contribution < -0.4 is 5.32 Å². The SMILES string of the molecule is Cc1nn(-c2ccccc2)c(C)c1CN(C)CC(=O)Nc1ccc2ccccc2c1. The van der Waals surface area contributed by atoms with Crippen LogP contribution in [0.15, 0.2) is 72.8 Å². The van der Waals surface area contributed by atoms with Crippen LogP contribution in [0.3, 0.4) is 0 Å². The Hall–Kier alpha value is -3.44. The maximum Gasteiger partial charge on any atom is 0.238 e. The molecule has 3 aromatic carbocycles. The van der Waals surface area contributed by atoms with E-state index < -0.39 is 0 Å². The minimum absolute atomic E-state index is 0.0291. The van der Waals surface area contributed by atoms with Gasteiger partial charge < -0.3 is 5.32 Å². The zero-order chi connectivity index (χ0) is 21.1. The van der Waals surface area contributed by atoms with Gasteiger partial charge in [0.05, 0.1) is 17.9 Å². The molecule has 1 aromatic heterocycles. The van der Waals surface area contributed by atoms with E-state index in [1.54, 1.807) is 0 Å². The van der Waals surface area contributed by atoms with Gasteiger partial charge in [0.15, 0.2) is 0 Å². The van der Waals surface area contributed by atoms with Gasteiger partial charge in [0, 0.05) is 23.5 Å². The van der Waals surface area contributed by atoms with Crippen LogP contribution in [-0.4, -0.2) is 34.2 Å². The summed E-state index contributed by atoms with van der Waals surface area (Å²) in [5, 5.41) is 9.98. The number of aromatic nitrogens is 2. The molecule has 4 aromatic rings. The summed E-state index contributed by atoms with van der Waals surface area (Å²) in [7, 11) is 1.96. The molecule has 30 heavy (non-hydrogen) atoms. The van der Waals surface area contributed by atoms with Gasteiger partial charge in [-0.05, 0) is 55.9 Å². The van der Waals surface area contributed by atoms with Crippen molar-refractivity contribution < 1.29 is 4.79 Å². The summed E-state index contributed by atoms with van der Waals surface area (Å²) in [5.41, 5.74) is 5.09. The third kappa shape index (κ3) is 4.26. The maximum atomic E-state index is 12.6. The van der Waals surface area contributed by atoms with Crippen LogP contribution in [0.25, 0.3) is 16.5 Å². The molecule has 0 saturated heterocycles. The lowest BCUT2D eigenvalue weighted by Gasteiger charge is -2.17. The molecule has 0 saturated carbocycles. The Bertz CT molecular complexity index is 1180. The average Bonchev–Trinajstić information content (AvgIpc) is 3.02. The predicted molar refractivity (Wildman–Crippen MR) is 122 cm³/mol. The molecule has 0 spiro atoms. The minimum Gasteiger partial charge on any atom is -0.325 e. The summed E-state index contributed by atoms with van der Waals surface area (Å²) in [6.07, 6.45) is 0. The number of aryl methyl sites for hydroxylation is 1. The number of fused-ring (bicyclic) bond motifs is 1. The molecule has 5 nitrogen and oxygen atoms in total. The molecule has 0 aliphatic carbocycles. The standard InChI is InChI=1S/C25H26N4O/c1-18-24(19(2)29(27-18)23-11-5-4-6-12-23)16-28(3)17-25(30)26-22-14-13-20-9-7-8-10-21(20)15-22/h4-15H,16-17H2,1-3H3,(H,26,30). The van der Waals surface area contributed by atoms with Crippen LogP contribution in [-0.2, 0) is 11.3 Å². The van der Waals surface area contributed by atoms with Crippen molar-refractivity contribution in [3.8, 4) is 5.69 Å². The van der Waals surface area contributed by atoms with Crippen LogP contribution >= 0.6 is 0 Å². The van der Waals surface area contributed by atoms with Crippen molar-refractivity contribution >= 4 is 22.4 Å². The highest BCUT2D eigenvalue weighted by atomic mass is 16.2. The molecule has 0 aliphatic heterocycles. The normalized spacial score (nSPS) is 11.2. The molecular formula is C25H26N4O. The van der Waals surface area contributed by atoms with Gasteiger partial charge in [0.1, 0.15) is 0 Å².